The van der Waals surface area contributed by atoms with Crippen LogP contribution >= 0.6 is 0 Å². The summed E-state index contributed by atoms with van der Waals surface area (Å²) in [7, 11) is 0. The van der Waals surface area contributed by atoms with Gasteiger partial charge in [-0.25, -0.2) is 4.79 Å². The maximum atomic E-state index is 12.6. The number of Topliss-reactive ketones (excluding diaryl/α,β-unsaturated/α-hetero) is 1. The Morgan fingerprint density at radius 3 is 2.74 bits per heavy atom. The third-order valence-corrected chi connectivity index (χ3v) is 2.97. The summed E-state index contributed by atoms with van der Waals surface area (Å²) in [5.41, 5.74) is -0.165. The molecule has 0 spiro atoms. The molecule has 7 heteroatoms. The van der Waals surface area contributed by atoms with Crippen molar-refractivity contribution in [1.29, 1.82) is 0 Å². The molecule has 0 unspecified atom stereocenters. The molecule has 1 aliphatic rings. The van der Waals surface area contributed by atoms with E-state index in [1.807, 2.05) is 0 Å². The fourth-order valence-electron chi connectivity index (χ4n) is 2.07. The number of fused-ring (bicyclic) bond motifs is 1. The summed E-state index contributed by atoms with van der Waals surface area (Å²) in [5.74, 6) is -3.35. The van der Waals surface area contributed by atoms with Crippen molar-refractivity contribution < 1.29 is 31.9 Å². The number of ketones is 1. The Kier molecular flexibility index (Phi) is 3.38. The molecular formula is C12H11F3O4. The molecule has 0 N–H and O–H groups in total. The highest BCUT2D eigenvalue weighted by atomic mass is 19.4. The molecule has 1 aromatic rings. The van der Waals surface area contributed by atoms with E-state index >= 15 is 0 Å². The summed E-state index contributed by atoms with van der Waals surface area (Å²) >= 11 is 0. The van der Waals surface area contributed by atoms with Gasteiger partial charge in [0.05, 0.1) is 18.1 Å². The quantitative estimate of drug-likeness (QED) is 0.779. The number of carbonyl (C=O) groups is 2. The number of halogens is 3. The minimum absolute atomic E-state index is 0.0704. The number of ether oxygens (including phenoxy) is 1. The Labute approximate surface area is 106 Å². The van der Waals surface area contributed by atoms with Crippen LogP contribution in [0.2, 0.25) is 0 Å². The van der Waals surface area contributed by atoms with E-state index in [4.69, 9.17) is 9.15 Å². The van der Waals surface area contributed by atoms with E-state index in [1.165, 1.54) is 0 Å². The van der Waals surface area contributed by atoms with Gasteiger partial charge >= 0.3 is 12.1 Å². The molecule has 0 saturated carbocycles. The lowest BCUT2D eigenvalue weighted by molar-refractivity contribution is -0.174. The van der Waals surface area contributed by atoms with Gasteiger partial charge in [0.15, 0.2) is 5.78 Å². The Morgan fingerprint density at radius 1 is 1.47 bits per heavy atom. The second kappa shape index (κ2) is 4.71. The van der Waals surface area contributed by atoms with Gasteiger partial charge in [0, 0.05) is 12.8 Å². The lowest BCUT2D eigenvalue weighted by Gasteiger charge is -2.22. The molecule has 0 aromatic carbocycles. The number of alkyl halides is 3. The lowest BCUT2D eigenvalue weighted by Crippen LogP contribution is -2.31. The van der Waals surface area contributed by atoms with Crippen molar-refractivity contribution in [1.82, 2.24) is 0 Å². The Hall–Kier alpha value is -1.79. The molecule has 0 bridgehead atoms. The first kappa shape index (κ1) is 13.6. The van der Waals surface area contributed by atoms with E-state index in [0.717, 1.165) is 6.26 Å². The molecule has 1 aliphatic carbocycles. The third-order valence-electron chi connectivity index (χ3n) is 2.97. The summed E-state index contributed by atoms with van der Waals surface area (Å²) in [6.07, 6.45) is -4.56. The highest BCUT2D eigenvalue weighted by Crippen LogP contribution is 2.38. The van der Waals surface area contributed by atoms with Crippen LogP contribution in [-0.2, 0) is 11.2 Å². The van der Waals surface area contributed by atoms with Crippen LogP contribution in [0.15, 0.2) is 10.7 Å². The second-order valence-corrected chi connectivity index (χ2v) is 4.24. The molecule has 0 radical (unpaired) electrons. The standard InChI is InChI=1S/C12H11F3O4/c1-2-18-11(17)7-5-19-9-4-6(12(13,14)15)3-8(16)10(7)9/h5-6H,2-4H2,1H3/t6-/m1/s1. The summed E-state index contributed by atoms with van der Waals surface area (Å²) in [5, 5.41) is 0. The van der Waals surface area contributed by atoms with Crippen molar-refractivity contribution >= 4 is 11.8 Å². The smallest absolute Gasteiger partial charge is 0.392 e. The lowest BCUT2D eigenvalue weighted by atomic mass is 9.85. The number of hydrogen-bond donors (Lipinski definition) is 0. The minimum Gasteiger partial charge on any atom is -0.468 e. The van der Waals surface area contributed by atoms with E-state index in [-0.39, 0.29) is 23.5 Å². The maximum Gasteiger partial charge on any atom is 0.392 e. The third kappa shape index (κ3) is 2.50. The molecule has 1 atom stereocenters. The Morgan fingerprint density at radius 2 is 2.16 bits per heavy atom. The number of carbonyl (C=O) groups excluding carboxylic acids is 2. The Balaban J connectivity index is 2.33. The first-order chi connectivity index (χ1) is 8.84. The van der Waals surface area contributed by atoms with Gasteiger partial charge in [-0.1, -0.05) is 0 Å². The fourth-order valence-corrected chi connectivity index (χ4v) is 2.07. The molecule has 0 fully saturated rings. The van der Waals surface area contributed by atoms with Crippen molar-refractivity contribution in [3.05, 3.63) is 23.2 Å². The van der Waals surface area contributed by atoms with Crippen LogP contribution in [0.3, 0.4) is 0 Å². The predicted octanol–water partition coefficient (Wildman–Crippen LogP) is 2.76. The van der Waals surface area contributed by atoms with Gasteiger partial charge in [-0.05, 0) is 6.92 Å². The molecular weight excluding hydrogens is 265 g/mol. The second-order valence-electron chi connectivity index (χ2n) is 4.24. The molecule has 2 rings (SSSR count). The molecule has 0 aliphatic heterocycles. The average Bonchev–Trinajstić information content (AvgIpc) is 2.72. The van der Waals surface area contributed by atoms with Crippen molar-refractivity contribution in [2.75, 3.05) is 6.61 Å². The first-order valence-electron chi connectivity index (χ1n) is 5.72. The molecule has 1 heterocycles. The van der Waals surface area contributed by atoms with Crippen LogP contribution in [0.25, 0.3) is 0 Å². The topological polar surface area (TPSA) is 56.5 Å². The summed E-state index contributed by atoms with van der Waals surface area (Å²) in [6, 6.07) is 0. The SMILES string of the molecule is CCOC(=O)c1coc2c1C(=O)C[C@@H](C(F)(F)F)C2. The Bertz CT molecular complexity index is 516. The van der Waals surface area contributed by atoms with Crippen LogP contribution in [0.4, 0.5) is 13.2 Å². The van der Waals surface area contributed by atoms with Gasteiger partial charge in [0.2, 0.25) is 0 Å². The van der Waals surface area contributed by atoms with E-state index in [2.05, 4.69) is 0 Å². The number of rotatable bonds is 2. The van der Waals surface area contributed by atoms with Crippen LogP contribution in [0.1, 0.15) is 39.8 Å². The molecule has 1 aromatic heterocycles. The largest absolute Gasteiger partial charge is 0.468 e. The summed E-state index contributed by atoms with van der Waals surface area (Å²) < 4.78 is 47.5. The normalized spacial score (nSPS) is 19.2. The average molecular weight is 276 g/mol. The number of esters is 1. The highest BCUT2D eigenvalue weighted by Gasteiger charge is 2.46. The first-order valence-corrected chi connectivity index (χ1v) is 5.72. The molecule has 0 saturated heterocycles. The zero-order valence-corrected chi connectivity index (χ0v) is 10.0. The molecule has 104 valence electrons. The zero-order valence-electron chi connectivity index (χ0n) is 10.0. The minimum atomic E-state index is -4.45. The van der Waals surface area contributed by atoms with Crippen molar-refractivity contribution in [2.45, 2.75) is 25.9 Å². The summed E-state index contributed by atoms with van der Waals surface area (Å²) in [4.78, 5) is 23.3. The van der Waals surface area contributed by atoms with Crippen LogP contribution in [-0.4, -0.2) is 24.5 Å². The van der Waals surface area contributed by atoms with Gasteiger partial charge in [-0.3, -0.25) is 4.79 Å². The van der Waals surface area contributed by atoms with E-state index in [0.29, 0.717) is 0 Å². The monoisotopic (exact) mass is 276 g/mol. The van der Waals surface area contributed by atoms with Gasteiger partial charge in [-0.15, -0.1) is 0 Å². The van der Waals surface area contributed by atoms with Crippen molar-refractivity contribution in [3.63, 3.8) is 0 Å². The van der Waals surface area contributed by atoms with E-state index < -0.39 is 36.7 Å². The zero-order chi connectivity index (χ0) is 14.2. The molecule has 0 amide bonds. The maximum absolute atomic E-state index is 12.6. The van der Waals surface area contributed by atoms with Gasteiger partial charge < -0.3 is 9.15 Å². The van der Waals surface area contributed by atoms with E-state index in [1.54, 1.807) is 6.92 Å². The summed E-state index contributed by atoms with van der Waals surface area (Å²) in [6.45, 7) is 1.70. The van der Waals surface area contributed by atoms with Gasteiger partial charge in [0.25, 0.3) is 0 Å². The van der Waals surface area contributed by atoms with E-state index in [9.17, 15) is 22.8 Å². The van der Waals surface area contributed by atoms with Gasteiger partial charge in [0.1, 0.15) is 17.6 Å². The number of hydrogen-bond acceptors (Lipinski definition) is 4. The van der Waals surface area contributed by atoms with Gasteiger partial charge in [-0.2, -0.15) is 13.2 Å². The molecule has 4 nitrogen and oxygen atoms in total. The highest BCUT2D eigenvalue weighted by molar-refractivity contribution is 6.07. The van der Waals surface area contributed by atoms with Crippen LogP contribution < -0.4 is 0 Å². The molecule has 19 heavy (non-hydrogen) atoms. The van der Waals surface area contributed by atoms with Crippen molar-refractivity contribution in [3.8, 4) is 0 Å². The predicted molar refractivity (Wildman–Crippen MR) is 56.9 cm³/mol. The van der Waals surface area contributed by atoms with Crippen molar-refractivity contribution in [2.24, 2.45) is 5.92 Å². The van der Waals surface area contributed by atoms with Crippen LogP contribution in [0.5, 0.6) is 0 Å². The number of furan rings is 1. The fraction of sp³-hybridized carbons (Fsp3) is 0.500. The van der Waals surface area contributed by atoms with Crippen LogP contribution in [0, 0.1) is 5.92 Å².